The van der Waals surface area contributed by atoms with E-state index < -0.39 is 4.92 Å². The van der Waals surface area contributed by atoms with E-state index >= 15 is 0 Å². The number of rotatable bonds is 5. The number of nitrogens with one attached hydrogen (secondary N) is 1. The minimum Gasteiger partial charge on any atom is -0.378 e. The molecule has 4 nitrogen and oxygen atoms in total. The van der Waals surface area contributed by atoms with Crippen LogP contribution in [0.1, 0.15) is 5.56 Å². The van der Waals surface area contributed by atoms with Crippen LogP contribution >= 0.6 is 11.6 Å². The topological polar surface area (TPSA) is 55.2 Å². The Morgan fingerprint density at radius 1 is 1.25 bits per heavy atom. The molecule has 0 bridgehead atoms. The minimum atomic E-state index is -0.490. The molecule has 0 aliphatic heterocycles. The lowest BCUT2D eigenvalue weighted by molar-refractivity contribution is -0.383. The van der Waals surface area contributed by atoms with E-state index in [1.54, 1.807) is 18.2 Å². The van der Waals surface area contributed by atoms with Crippen LogP contribution in [0.2, 0.25) is 5.02 Å². The summed E-state index contributed by atoms with van der Waals surface area (Å²) in [6.45, 7) is 0.425. The summed E-state index contributed by atoms with van der Waals surface area (Å²) in [7, 11) is 0. The largest absolute Gasteiger partial charge is 0.378 e. The van der Waals surface area contributed by atoms with Crippen LogP contribution in [0.25, 0.3) is 0 Å². The second-order valence-electron chi connectivity index (χ2n) is 4.20. The number of anilines is 1. The molecule has 0 atom stereocenters. The Hall–Kier alpha value is -2.14. The van der Waals surface area contributed by atoms with Gasteiger partial charge in [0.2, 0.25) is 0 Å². The van der Waals surface area contributed by atoms with E-state index in [9.17, 15) is 14.5 Å². The van der Waals surface area contributed by atoms with Gasteiger partial charge < -0.3 is 5.32 Å². The maximum atomic E-state index is 13.0. The minimum absolute atomic E-state index is 0.0725. The molecule has 1 N–H and O–H groups in total. The van der Waals surface area contributed by atoms with Gasteiger partial charge >= 0.3 is 0 Å². The van der Waals surface area contributed by atoms with Crippen molar-refractivity contribution in [2.45, 2.75) is 6.42 Å². The summed E-state index contributed by atoms with van der Waals surface area (Å²) in [6.07, 6.45) is 0.542. The third-order valence-corrected chi connectivity index (χ3v) is 3.11. The molecule has 0 fully saturated rings. The molecule has 2 rings (SSSR count). The summed E-state index contributed by atoms with van der Waals surface area (Å²) in [5.41, 5.74) is 1.03. The molecule has 0 radical (unpaired) electrons. The van der Waals surface area contributed by atoms with Gasteiger partial charge in [0.15, 0.2) is 0 Å². The van der Waals surface area contributed by atoms with Gasteiger partial charge in [-0.05, 0) is 30.2 Å². The zero-order chi connectivity index (χ0) is 14.5. The van der Waals surface area contributed by atoms with Gasteiger partial charge in [0.25, 0.3) is 5.69 Å². The maximum Gasteiger partial charge on any atom is 0.293 e. The van der Waals surface area contributed by atoms with Crippen molar-refractivity contribution in [2.24, 2.45) is 0 Å². The fraction of sp³-hybridized carbons (Fsp3) is 0.143. The van der Waals surface area contributed by atoms with E-state index in [0.29, 0.717) is 18.0 Å². The first-order chi connectivity index (χ1) is 9.58. The highest BCUT2D eigenvalue weighted by atomic mass is 35.5. The van der Waals surface area contributed by atoms with Crippen LogP contribution in [0.15, 0.2) is 42.5 Å². The summed E-state index contributed by atoms with van der Waals surface area (Å²) in [6, 6.07) is 10.7. The molecule has 2 aromatic rings. The highest BCUT2D eigenvalue weighted by Gasteiger charge is 2.15. The van der Waals surface area contributed by atoms with Gasteiger partial charge in [0.05, 0.1) is 9.95 Å². The first-order valence-electron chi connectivity index (χ1n) is 5.99. The first-order valence-corrected chi connectivity index (χ1v) is 6.37. The lowest BCUT2D eigenvalue weighted by Crippen LogP contribution is -2.07. The smallest absolute Gasteiger partial charge is 0.293 e. The second kappa shape index (κ2) is 6.34. The number of nitro benzene ring substituents is 1. The van der Waals surface area contributed by atoms with E-state index in [1.807, 2.05) is 0 Å². The Morgan fingerprint density at radius 3 is 2.70 bits per heavy atom. The van der Waals surface area contributed by atoms with Crippen molar-refractivity contribution in [1.29, 1.82) is 0 Å². The van der Waals surface area contributed by atoms with Gasteiger partial charge in [-0.15, -0.1) is 0 Å². The molecule has 0 amide bonds. The molecule has 0 aromatic heterocycles. The van der Waals surface area contributed by atoms with Gasteiger partial charge in [-0.2, -0.15) is 0 Å². The van der Waals surface area contributed by atoms with Crippen LogP contribution in [0.5, 0.6) is 0 Å². The molecule has 0 unspecified atom stereocenters. The van der Waals surface area contributed by atoms with E-state index in [-0.39, 0.29) is 17.2 Å². The van der Waals surface area contributed by atoms with Crippen LogP contribution < -0.4 is 5.32 Å². The lowest BCUT2D eigenvalue weighted by atomic mass is 10.1. The van der Waals surface area contributed by atoms with Gasteiger partial charge in [-0.3, -0.25) is 10.1 Å². The Balaban J connectivity index is 2.06. The van der Waals surface area contributed by atoms with Gasteiger partial charge in [0, 0.05) is 12.6 Å². The van der Waals surface area contributed by atoms with Gasteiger partial charge in [0.1, 0.15) is 11.5 Å². The summed E-state index contributed by atoms with van der Waals surface area (Å²) in [4.78, 5) is 10.4. The number of nitrogens with zero attached hydrogens (tertiary/aromatic N) is 1. The standard InChI is InChI=1S/C14H12ClFN2O2/c15-12-5-2-6-13(18(19)20)14(12)17-8-7-10-3-1-4-11(16)9-10/h1-6,9,17H,7-8H2. The summed E-state index contributed by atoms with van der Waals surface area (Å²) in [5.74, 6) is -0.300. The molecule has 20 heavy (non-hydrogen) atoms. The molecule has 2 aromatic carbocycles. The van der Waals surface area contributed by atoms with Crippen molar-refractivity contribution in [3.63, 3.8) is 0 Å². The molecule has 0 aliphatic carbocycles. The molecular formula is C14H12ClFN2O2. The molecule has 0 saturated carbocycles. The Bertz CT molecular complexity index is 634. The first kappa shape index (κ1) is 14.3. The summed E-state index contributed by atoms with van der Waals surface area (Å²) >= 11 is 5.95. The van der Waals surface area contributed by atoms with Crippen molar-refractivity contribution in [3.8, 4) is 0 Å². The predicted octanol–water partition coefficient (Wildman–Crippen LogP) is 4.04. The number of benzene rings is 2. The highest BCUT2D eigenvalue weighted by molar-refractivity contribution is 6.33. The number of hydrogen-bond acceptors (Lipinski definition) is 3. The number of hydrogen-bond donors (Lipinski definition) is 1. The monoisotopic (exact) mass is 294 g/mol. The van der Waals surface area contributed by atoms with Crippen LogP contribution in [-0.2, 0) is 6.42 Å². The van der Waals surface area contributed by atoms with Crippen molar-refractivity contribution in [2.75, 3.05) is 11.9 Å². The van der Waals surface area contributed by atoms with Gasteiger partial charge in [-0.1, -0.05) is 29.8 Å². The normalized spacial score (nSPS) is 10.3. The summed E-state index contributed by atoms with van der Waals surface area (Å²) in [5, 5.41) is 14.1. The quantitative estimate of drug-likeness (QED) is 0.669. The Kier molecular flexibility index (Phi) is 4.53. The zero-order valence-corrected chi connectivity index (χ0v) is 11.2. The molecule has 0 spiro atoms. The maximum absolute atomic E-state index is 13.0. The van der Waals surface area contributed by atoms with Crippen LogP contribution in [-0.4, -0.2) is 11.5 Å². The van der Waals surface area contributed by atoms with Crippen molar-refractivity contribution in [1.82, 2.24) is 0 Å². The molecule has 0 saturated heterocycles. The van der Waals surface area contributed by atoms with Crippen molar-refractivity contribution < 1.29 is 9.31 Å². The molecular weight excluding hydrogens is 283 g/mol. The van der Waals surface area contributed by atoms with Crippen molar-refractivity contribution >= 4 is 23.0 Å². The van der Waals surface area contributed by atoms with Gasteiger partial charge in [-0.25, -0.2) is 4.39 Å². The third kappa shape index (κ3) is 3.45. The average Bonchev–Trinajstić information content (AvgIpc) is 2.40. The fourth-order valence-electron chi connectivity index (χ4n) is 1.86. The second-order valence-corrected chi connectivity index (χ2v) is 4.60. The third-order valence-electron chi connectivity index (χ3n) is 2.79. The molecule has 6 heteroatoms. The SMILES string of the molecule is O=[N+]([O-])c1cccc(Cl)c1NCCc1cccc(F)c1. The summed E-state index contributed by atoms with van der Waals surface area (Å²) < 4.78 is 13.0. The molecule has 0 heterocycles. The van der Waals surface area contributed by atoms with E-state index in [0.717, 1.165) is 5.56 Å². The zero-order valence-electron chi connectivity index (χ0n) is 10.5. The van der Waals surface area contributed by atoms with E-state index in [4.69, 9.17) is 11.6 Å². The van der Waals surface area contributed by atoms with E-state index in [2.05, 4.69) is 5.32 Å². The van der Waals surface area contributed by atoms with Crippen LogP contribution in [0.3, 0.4) is 0 Å². The number of nitro groups is 1. The highest BCUT2D eigenvalue weighted by Crippen LogP contribution is 2.31. The predicted molar refractivity (Wildman–Crippen MR) is 76.7 cm³/mol. The molecule has 0 aliphatic rings. The average molecular weight is 295 g/mol. The lowest BCUT2D eigenvalue weighted by Gasteiger charge is -2.09. The Labute approximate surface area is 120 Å². The molecule has 104 valence electrons. The van der Waals surface area contributed by atoms with Crippen LogP contribution in [0, 0.1) is 15.9 Å². The fourth-order valence-corrected chi connectivity index (χ4v) is 2.10. The van der Waals surface area contributed by atoms with Crippen molar-refractivity contribution in [3.05, 3.63) is 69.0 Å². The Morgan fingerprint density at radius 2 is 2.00 bits per heavy atom. The number of para-hydroxylation sites is 1. The number of halogens is 2. The van der Waals surface area contributed by atoms with E-state index in [1.165, 1.54) is 24.3 Å². The van der Waals surface area contributed by atoms with Crippen LogP contribution in [0.4, 0.5) is 15.8 Å².